The summed E-state index contributed by atoms with van der Waals surface area (Å²) >= 11 is 0. The van der Waals surface area contributed by atoms with Crippen molar-refractivity contribution in [3.05, 3.63) is 12.4 Å². The van der Waals surface area contributed by atoms with Crippen molar-refractivity contribution < 1.29 is 9.90 Å². The van der Waals surface area contributed by atoms with Crippen LogP contribution >= 0.6 is 0 Å². The molecular formula is C12H18N4O2. The molecule has 0 saturated heterocycles. The maximum absolute atomic E-state index is 10.8. The number of carboxylic acid groups (broad SMARTS) is 1. The third-order valence-electron chi connectivity index (χ3n) is 3.02. The van der Waals surface area contributed by atoms with Crippen LogP contribution in [0.3, 0.4) is 0 Å². The molecule has 0 bridgehead atoms. The molecule has 0 saturated carbocycles. The number of nitrogens with one attached hydrogen (secondary N) is 1. The molecule has 1 atom stereocenters. The molecule has 0 amide bonds. The summed E-state index contributed by atoms with van der Waals surface area (Å²) in [6.07, 6.45) is 7.77. The number of rotatable bonds is 3. The Labute approximate surface area is 106 Å². The van der Waals surface area contributed by atoms with Crippen molar-refractivity contribution in [2.75, 3.05) is 11.9 Å². The van der Waals surface area contributed by atoms with Crippen molar-refractivity contribution in [2.24, 2.45) is 4.99 Å². The van der Waals surface area contributed by atoms with Crippen LogP contribution in [0.15, 0.2) is 17.4 Å². The van der Waals surface area contributed by atoms with E-state index in [0.717, 1.165) is 37.3 Å². The van der Waals surface area contributed by atoms with E-state index in [9.17, 15) is 4.79 Å². The highest BCUT2D eigenvalue weighted by Crippen LogP contribution is 2.14. The number of anilines is 1. The number of aliphatic carboxylic acids is 1. The van der Waals surface area contributed by atoms with Crippen LogP contribution in [-0.2, 0) is 4.79 Å². The van der Waals surface area contributed by atoms with Gasteiger partial charge in [0.25, 0.3) is 0 Å². The third-order valence-corrected chi connectivity index (χ3v) is 3.02. The number of nitrogens with zero attached hydrogens (tertiary/aromatic N) is 3. The summed E-state index contributed by atoms with van der Waals surface area (Å²) in [5.41, 5.74) is 0.795. The molecule has 18 heavy (non-hydrogen) atoms. The van der Waals surface area contributed by atoms with E-state index in [-0.39, 0.29) is 0 Å². The number of carbonyl (C=O) groups is 1. The molecule has 0 spiro atoms. The van der Waals surface area contributed by atoms with Gasteiger partial charge in [0.1, 0.15) is 11.9 Å². The van der Waals surface area contributed by atoms with E-state index in [4.69, 9.17) is 5.11 Å². The first-order valence-electron chi connectivity index (χ1n) is 6.24. The van der Waals surface area contributed by atoms with Crippen molar-refractivity contribution in [1.29, 1.82) is 0 Å². The highest BCUT2D eigenvalue weighted by Gasteiger charge is 2.14. The first-order chi connectivity index (χ1) is 8.66. The smallest absolute Gasteiger partial charge is 0.328 e. The average Bonchev–Trinajstić information content (AvgIpc) is 2.64. The molecule has 1 aliphatic rings. The Morgan fingerprint density at radius 3 is 3.11 bits per heavy atom. The Morgan fingerprint density at radius 1 is 1.50 bits per heavy atom. The van der Waals surface area contributed by atoms with Crippen molar-refractivity contribution in [3.63, 3.8) is 0 Å². The number of amidine groups is 1. The largest absolute Gasteiger partial charge is 0.480 e. The van der Waals surface area contributed by atoms with Crippen LogP contribution in [0, 0.1) is 0 Å². The van der Waals surface area contributed by atoms with Crippen LogP contribution < -0.4 is 5.32 Å². The molecule has 2 heterocycles. The van der Waals surface area contributed by atoms with Gasteiger partial charge >= 0.3 is 5.97 Å². The van der Waals surface area contributed by atoms with Crippen molar-refractivity contribution >= 4 is 17.5 Å². The van der Waals surface area contributed by atoms with Gasteiger partial charge in [-0.2, -0.15) is 5.10 Å². The molecule has 2 N–H and O–H groups in total. The van der Waals surface area contributed by atoms with Gasteiger partial charge in [0.2, 0.25) is 0 Å². The van der Waals surface area contributed by atoms with Gasteiger partial charge in [0.15, 0.2) is 0 Å². The summed E-state index contributed by atoms with van der Waals surface area (Å²) in [6.45, 7) is 2.46. The second-order valence-electron chi connectivity index (χ2n) is 4.49. The van der Waals surface area contributed by atoms with Gasteiger partial charge in [-0.15, -0.1) is 0 Å². The zero-order valence-corrected chi connectivity index (χ0v) is 10.5. The summed E-state index contributed by atoms with van der Waals surface area (Å²) in [6, 6.07) is -0.656. The van der Waals surface area contributed by atoms with Gasteiger partial charge in [-0.1, -0.05) is 6.42 Å². The minimum absolute atomic E-state index is 0.656. The number of hydrogen-bond donors (Lipinski definition) is 2. The number of aromatic nitrogens is 2. The monoisotopic (exact) mass is 250 g/mol. The predicted octanol–water partition coefficient (Wildman–Crippen LogP) is 1.91. The van der Waals surface area contributed by atoms with Crippen molar-refractivity contribution in [2.45, 2.75) is 38.6 Å². The van der Waals surface area contributed by atoms with Crippen LogP contribution in [0.1, 0.15) is 38.6 Å². The molecule has 0 radical (unpaired) electrons. The van der Waals surface area contributed by atoms with E-state index in [2.05, 4.69) is 15.4 Å². The Kier molecular flexibility index (Phi) is 3.96. The molecule has 2 rings (SSSR count). The number of carboxylic acids is 1. The fourth-order valence-electron chi connectivity index (χ4n) is 1.87. The van der Waals surface area contributed by atoms with Crippen molar-refractivity contribution in [3.8, 4) is 0 Å². The highest BCUT2D eigenvalue weighted by molar-refractivity contribution is 5.95. The minimum Gasteiger partial charge on any atom is -0.480 e. The topological polar surface area (TPSA) is 79.5 Å². The predicted molar refractivity (Wildman–Crippen MR) is 69.0 cm³/mol. The first kappa shape index (κ1) is 12.6. The molecular weight excluding hydrogens is 232 g/mol. The fourth-order valence-corrected chi connectivity index (χ4v) is 1.87. The molecule has 0 aromatic carbocycles. The SMILES string of the molecule is C[C@H](C(=O)O)n1cc(NC2=NCCCCC2)cn1. The third kappa shape index (κ3) is 3.09. The van der Waals surface area contributed by atoms with E-state index < -0.39 is 12.0 Å². The molecule has 6 heteroatoms. The molecule has 1 aromatic rings. The maximum atomic E-state index is 10.8. The standard InChI is InChI=1S/C12H18N4O2/c1-9(12(17)18)16-8-10(7-14-16)15-11-5-3-2-4-6-13-11/h7-9H,2-6H2,1H3,(H,13,15)(H,17,18)/t9-/m1/s1. The molecule has 0 fully saturated rings. The minimum atomic E-state index is -0.892. The van der Waals surface area contributed by atoms with E-state index in [0.29, 0.717) is 0 Å². The zero-order chi connectivity index (χ0) is 13.0. The summed E-state index contributed by atoms with van der Waals surface area (Å²) in [5.74, 6) is 0.0754. The highest BCUT2D eigenvalue weighted by atomic mass is 16.4. The van der Waals surface area contributed by atoms with E-state index in [1.54, 1.807) is 19.3 Å². The lowest BCUT2D eigenvalue weighted by Gasteiger charge is -2.06. The number of hydrogen-bond acceptors (Lipinski definition) is 4. The lowest BCUT2D eigenvalue weighted by Crippen LogP contribution is -2.16. The normalized spacial score (nSPS) is 17.7. The second-order valence-corrected chi connectivity index (χ2v) is 4.49. The average molecular weight is 250 g/mol. The summed E-state index contributed by atoms with van der Waals surface area (Å²) in [7, 11) is 0. The van der Waals surface area contributed by atoms with Crippen LogP contribution in [0.2, 0.25) is 0 Å². The summed E-state index contributed by atoms with van der Waals surface area (Å²) in [4.78, 5) is 15.3. The molecule has 0 unspecified atom stereocenters. The first-order valence-corrected chi connectivity index (χ1v) is 6.24. The van der Waals surface area contributed by atoms with Crippen LogP contribution in [0.4, 0.5) is 5.69 Å². The van der Waals surface area contributed by atoms with E-state index >= 15 is 0 Å². The van der Waals surface area contributed by atoms with Gasteiger partial charge in [0, 0.05) is 19.2 Å². The second kappa shape index (κ2) is 5.66. The fraction of sp³-hybridized carbons (Fsp3) is 0.583. The molecule has 0 aliphatic carbocycles. The molecule has 1 aliphatic heterocycles. The van der Waals surface area contributed by atoms with Gasteiger partial charge in [0.05, 0.1) is 11.9 Å². The molecule has 6 nitrogen and oxygen atoms in total. The van der Waals surface area contributed by atoms with Crippen LogP contribution in [-0.4, -0.2) is 33.2 Å². The van der Waals surface area contributed by atoms with Gasteiger partial charge < -0.3 is 10.4 Å². The lowest BCUT2D eigenvalue weighted by molar-refractivity contribution is -0.140. The lowest BCUT2D eigenvalue weighted by atomic mass is 10.2. The van der Waals surface area contributed by atoms with Crippen LogP contribution in [0.5, 0.6) is 0 Å². The van der Waals surface area contributed by atoms with Gasteiger partial charge in [-0.3, -0.25) is 9.67 Å². The quantitative estimate of drug-likeness (QED) is 0.858. The Bertz CT molecular complexity index is 453. The summed E-state index contributed by atoms with van der Waals surface area (Å²) in [5, 5.41) is 16.2. The zero-order valence-electron chi connectivity index (χ0n) is 10.5. The Morgan fingerprint density at radius 2 is 2.33 bits per heavy atom. The van der Waals surface area contributed by atoms with E-state index in [1.807, 2.05) is 0 Å². The Hall–Kier alpha value is -1.85. The maximum Gasteiger partial charge on any atom is 0.328 e. The van der Waals surface area contributed by atoms with E-state index in [1.165, 1.54) is 11.1 Å². The number of aliphatic imine (C=N–C) groups is 1. The van der Waals surface area contributed by atoms with Crippen LogP contribution in [0.25, 0.3) is 0 Å². The summed E-state index contributed by atoms with van der Waals surface area (Å²) < 4.78 is 1.43. The van der Waals surface area contributed by atoms with Crippen molar-refractivity contribution in [1.82, 2.24) is 9.78 Å². The van der Waals surface area contributed by atoms with Gasteiger partial charge in [-0.25, -0.2) is 4.79 Å². The Balaban J connectivity index is 2.01. The molecule has 1 aromatic heterocycles. The van der Waals surface area contributed by atoms with Gasteiger partial charge in [-0.05, 0) is 19.8 Å². The molecule has 98 valence electrons.